The minimum Gasteiger partial charge on any atom is -0.388 e. The van der Waals surface area contributed by atoms with Crippen molar-refractivity contribution in [3.8, 4) is 0 Å². The number of hydrogen-bond acceptors (Lipinski definition) is 5. The molecule has 2 aromatic rings. The third-order valence-corrected chi connectivity index (χ3v) is 3.28. The lowest BCUT2D eigenvalue weighted by molar-refractivity contribution is -0.0310. The molecule has 0 aliphatic heterocycles. The van der Waals surface area contributed by atoms with E-state index in [2.05, 4.69) is 20.3 Å². The second-order valence-corrected chi connectivity index (χ2v) is 4.42. The highest BCUT2D eigenvalue weighted by molar-refractivity contribution is 5.86. The maximum atomic E-state index is 10.3. The molecule has 2 atom stereocenters. The number of nitrogens with one attached hydrogen (secondary N) is 2. The van der Waals surface area contributed by atoms with Crippen molar-refractivity contribution in [2.75, 3.05) is 5.32 Å². The Kier molecular flexibility index (Phi) is 2.27. The minimum absolute atomic E-state index is 0.518. The molecule has 0 spiro atoms. The summed E-state index contributed by atoms with van der Waals surface area (Å²) in [6.45, 7) is 0. The molecule has 1 saturated carbocycles. The summed E-state index contributed by atoms with van der Waals surface area (Å²) in [7, 11) is 0. The summed E-state index contributed by atoms with van der Waals surface area (Å²) in [5.74, 6) is 0.541. The summed E-state index contributed by atoms with van der Waals surface area (Å²) in [5.41, 5.74) is -0.572. The average Bonchev–Trinajstić information content (AvgIpc) is 2.88. The smallest absolute Gasteiger partial charge is 0.162 e. The molecular weight excluding hydrogens is 220 g/mol. The predicted molar refractivity (Wildman–Crippen MR) is 62.3 cm³/mol. The second kappa shape index (κ2) is 3.68. The highest BCUT2D eigenvalue weighted by atomic mass is 16.4. The fraction of sp³-hybridized carbons (Fsp3) is 0.455. The molecule has 0 bridgehead atoms. The number of aromatic nitrogens is 3. The van der Waals surface area contributed by atoms with Crippen molar-refractivity contribution in [3.05, 3.63) is 18.6 Å². The summed E-state index contributed by atoms with van der Waals surface area (Å²) in [5, 5.41) is 23.8. The van der Waals surface area contributed by atoms with Gasteiger partial charge in [-0.3, -0.25) is 0 Å². The maximum Gasteiger partial charge on any atom is 0.162 e. The summed E-state index contributed by atoms with van der Waals surface area (Å²) >= 11 is 0. The molecular formula is C11H14N4O2. The lowest BCUT2D eigenvalue weighted by Gasteiger charge is -2.28. The largest absolute Gasteiger partial charge is 0.388 e. The molecule has 1 aliphatic rings. The van der Waals surface area contributed by atoms with Crippen LogP contribution < -0.4 is 5.32 Å². The predicted octanol–water partition coefficient (Wildman–Crippen LogP) is 0.603. The summed E-state index contributed by atoms with van der Waals surface area (Å²) in [6.07, 6.45) is 4.35. The van der Waals surface area contributed by atoms with Crippen LogP contribution in [0.3, 0.4) is 0 Å². The Hall–Kier alpha value is -1.66. The van der Waals surface area contributed by atoms with E-state index in [4.69, 9.17) is 0 Å². The normalized spacial score (nSPS) is 28.7. The number of aliphatic hydroxyl groups excluding tert-OH is 1. The van der Waals surface area contributed by atoms with Crippen molar-refractivity contribution >= 4 is 16.9 Å². The van der Waals surface area contributed by atoms with Gasteiger partial charge in [0.05, 0.1) is 5.39 Å². The van der Waals surface area contributed by atoms with Gasteiger partial charge in [-0.25, -0.2) is 9.97 Å². The van der Waals surface area contributed by atoms with Crippen LogP contribution >= 0.6 is 0 Å². The Morgan fingerprint density at radius 2 is 2.35 bits per heavy atom. The molecule has 0 radical (unpaired) electrons. The molecule has 1 aliphatic carbocycles. The molecule has 2 heterocycles. The van der Waals surface area contributed by atoms with Crippen LogP contribution in [0, 0.1) is 0 Å². The van der Waals surface area contributed by atoms with Crippen molar-refractivity contribution in [2.24, 2.45) is 0 Å². The molecule has 2 aromatic heterocycles. The van der Waals surface area contributed by atoms with Gasteiger partial charge in [-0.2, -0.15) is 0 Å². The first-order chi connectivity index (χ1) is 8.19. The molecule has 1 fully saturated rings. The van der Waals surface area contributed by atoms with Crippen LogP contribution in [0.4, 0.5) is 5.82 Å². The van der Waals surface area contributed by atoms with E-state index < -0.39 is 11.8 Å². The van der Waals surface area contributed by atoms with Gasteiger partial charge in [-0.15, -0.1) is 0 Å². The van der Waals surface area contributed by atoms with E-state index in [0.29, 0.717) is 24.3 Å². The molecule has 17 heavy (non-hydrogen) atoms. The first-order valence-corrected chi connectivity index (χ1v) is 5.66. The highest BCUT2D eigenvalue weighted by Crippen LogP contribution is 2.32. The third-order valence-electron chi connectivity index (χ3n) is 3.28. The Morgan fingerprint density at radius 3 is 3.12 bits per heavy atom. The van der Waals surface area contributed by atoms with Crippen LogP contribution in [-0.2, 0) is 0 Å². The lowest BCUT2D eigenvalue weighted by Crippen LogP contribution is -2.45. The molecule has 3 rings (SSSR count). The highest BCUT2D eigenvalue weighted by Gasteiger charge is 2.40. The molecule has 2 unspecified atom stereocenters. The first kappa shape index (κ1) is 10.5. The number of aliphatic hydroxyl groups is 2. The third kappa shape index (κ3) is 1.65. The van der Waals surface area contributed by atoms with Gasteiger partial charge in [-0.1, -0.05) is 0 Å². The van der Waals surface area contributed by atoms with Crippen LogP contribution in [0.5, 0.6) is 0 Å². The number of hydrogen-bond donors (Lipinski definition) is 4. The first-order valence-electron chi connectivity index (χ1n) is 5.66. The van der Waals surface area contributed by atoms with Gasteiger partial charge in [-0.05, 0) is 25.3 Å². The van der Waals surface area contributed by atoms with E-state index in [0.717, 1.165) is 11.8 Å². The van der Waals surface area contributed by atoms with E-state index >= 15 is 0 Å². The average molecular weight is 234 g/mol. The Balaban J connectivity index is 1.97. The Morgan fingerprint density at radius 1 is 1.47 bits per heavy atom. The number of aromatic amines is 1. The van der Waals surface area contributed by atoms with Gasteiger partial charge in [0, 0.05) is 6.20 Å². The summed E-state index contributed by atoms with van der Waals surface area (Å²) in [4.78, 5) is 11.1. The number of fused-ring (bicyclic) bond motifs is 1. The molecule has 6 nitrogen and oxygen atoms in total. The van der Waals surface area contributed by atoms with Gasteiger partial charge in [0.1, 0.15) is 23.9 Å². The van der Waals surface area contributed by atoms with Crippen molar-refractivity contribution in [2.45, 2.75) is 31.1 Å². The van der Waals surface area contributed by atoms with Crippen LogP contribution in [0.1, 0.15) is 19.3 Å². The number of rotatable bonds is 2. The molecule has 6 heteroatoms. The van der Waals surface area contributed by atoms with Crippen molar-refractivity contribution in [1.29, 1.82) is 0 Å². The van der Waals surface area contributed by atoms with E-state index in [-0.39, 0.29) is 0 Å². The Bertz CT molecular complexity index is 541. The fourth-order valence-electron chi connectivity index (χ4n) is 2.29. The van der Waals surface area contributed by atoms with Gasteiger partial charge in [0.2, 0.25) is 0 Å². The zero-order valence-electron chi connectivity index (χ0n) is 9.22. The van der Waals surface area contributed by atoms with Crippen LogP contribution in [0.15, 0.2) is 18.6 Å². The SMILES string of the molecule is OC1CCCC1(O)Nc1ncnc2[nH]ccc12. The van der Waals surface area contributed by atoms with E-state index in [9.17, 15) is 10.2 Å². The van der Waals surface area contributed by atoms with Crippen molar-refractivity contribution in [3.63, 3.8) is 0 Å². The molecule has 0 aromatic carbocycles. The maximum absolute atomic E-state index is 10.3. The van der Waals surface area contributed by atoms with Gasteiger partial charge < -0.3 is 20.5 Å². The summed E-state index contributed by atoms with van der Waals surface area (Å²) in [6, 6.07) is 1.84. The van der Waals surface area contributed by atoms with Crippen molar-refractivity contribution < 1.29 is 10.2 Å². The standard InChI is InChI=1S/C11H14N4O2/c16-8-2-1-4-11(8,17)15-10-7-3-5-12-9(7)13-6-14-10/h3,5-6,8,16-17H,1-2,4H2,(H2,12,13,14,15). The van der Waals surface area contributed by atoms with Gasteiger partial charge >= 0.3 is 0 Å². The molecule has 90 valence electrons. The lowest BCUT2D eigenvalue weighted by atomic mass is 10.1. The van der Waals surface area contributed by atoms with Gasteiger partial charge in [0.15, 0.2) is 5.72 Å². The van der Waals surface area contributed by atoms with Crippen LogP contribution in [0.2, 0.25) is 0 Å². The molecule has 0 amide bonds. The van der Waals surface area contributed by atoms with Crippen molar-refractivity contribution in [1.82, 2.24) is 15.0 Å². The second-order valence-electron chi connectivity index (χ2n) is 4.42. The van der Waals surface area contributed by atoms with E-state index in [1.807, 2.05) is 6.07 Å². The quantitative estimate of drug-likeness (QED) is 0.571. The zero-order chi connectivity index (χ0) is 11.9. The topological polar surface area (TPSA) is 94.1 Å². The zero-order valence-corrected chi connectivity index (χ0v) is 9.22. The number of H-pyrrole nitrogens is 1. The van der Waals surface area contributed by atoms with Gasteiger partial charge in [0.25, 0.3) is 0 Å². The van der Waals surface area contributed by atoms with Crippen LogP contribution in [0.25, 0.3) is 11.0 Å². The van der Waals surface area contributed by atoms with E-state index in [1.54, 1.807) is 6.20 Å². The Labute approximate surface area is 97.7 Å². The fourth-order valence-corrected chi connectivity index (χ4v) is 2.29. The number of nitrogens with zero attached hydrogens (tertiary/aromatic N) is 2. The van der Waals surface area contributed by atoms with Crippen LogP contribution in [-0.4, -0.2) is 37.0 Å². The molecule has 0 saturated heterocycles. The number of anilines is 1. The minimum atomic E-state index is -1.28. The van der Waals surface area contributed by atoms with E-state index in [1.165, 1.54) is 6.33 Å². The summed E-state index contributed by atoms with van der Waals surface area (Å²) < 4.78 is 0. The molecule has 4 N–H and O–H groups in total. The monoisotopic (exact) mass is 234 g/mol.